The van der Waals surface area contributed by atoms with Gasteiger partial charge in [0.1, 0.15) is 0 Å². The predicted octanol–water partition coefficient (Wildman–Crippen LogP) is -0.455. The molecule has 0 unspecified atom stereocenters. The maximum Gasteiger partial charge on any atom is 0.220 e. The van der Waals surface area contributed by atoms with Crippen LogP contribution in [0.4, 0.5) is 0 Å². The molecule has 98 valence electrons. The van der Waals surface area contributed by atoms with Crippen LogP contribution in [-0.4, -0.2) is 37.9 Å². The number of nitrogens with one attached hydrogen (secondary N) is 3. The number of hydrogen-bond donors (Lipinski definition) is 3. The van der Waals surface area contributed by atoms with Gasteiger partial charge in [-0.1, -0.05) is 6.92 Å². The Balaban J connectivity index is 3.45. The maximum absolute atomic E-state index is 11.2. The lowest BCUT2D eigenvalue weighted by atomic mass is 10.3. The second-order valence-electron chi connectivity index (χ2n) is 3.62. The predicted molar refractivity (Wildman–Crippen MR) is 64.2 cm³/mol. The van der Waals surface area contributed by atoms with E-state index in [2.05, 4.69) is 16.0 Å². The van der Waals surface area contributed by atoms with Crippen LogP contribution in [0.1, 0.15) is 32.6 Å². The quantitative estimate of drug-likeness (QED) is 0.504. The Labute approximate surface area is 102 Å². The van der Waals surface area contributed by atoms with Crippen LogP contribution in [0.3, 0.4) is 0 Å². The van der Waals surface area contributed by atoms with Crippen molar-refractivity contribution in [2.24, 2.45) is 0 Å². The zero-order chi connectivity index (χ0) is 13.1. The van der Waals surface area contributed by atoms with Crippen molar-refractivity contribution in [3.05, 3.63) is 0 Å². The van der Waals surface area contributed by atoms with Crippen molar-refractivity contribution in [1.82, 2.24) is 16.0 Å². The van der Waals surface area contributed by atoms with Crippen molar-refractivity contribution in [3.63, 3.8) is 0 Å². The summed E-state index contributed by atoms with van der Waals surface area (Å²) in [5.74, 6) is -0.346. The largest absolute Gasteiger partial charge is 0.359 e. The molecule has 6 nitrogen and oxygen atoms in total. The normalized spacial score (nSPS) is 9.53. The van der Waals surface area contributed by atoms with Gasteiger partial charge in [-0.05, 0) is 6.42 Å². The lowest BCUT2D eigenvalue weighted by Crippen LogP contribution is -2.34. The van der Waals surface area contributed by atoms with E-state index in [4.69, 9.17) is 0 Å². The molecule has 17 heavy (non-hydrogen) atoms. The lowest BCUT2D eigenvalue weighted by Gasteiger charge is -2.06. The van der Waals surface area contributed by atoms with Gasteiger partial charge in [0, 0.05) is 39.4 Å². The third-order valence-electron chi connectivity index (χ3n) is 2.10. The van der Waals surface area contributed by atoms with Crippen LogP contribution >= 0.6 is 0 Å². The topological polar surface area (TPSA) is 87.3 Å². The van der Waals surface area contributed by atoms with Crippen molar-refractivity contribution in [1.29, 1.82) is 0 Å². The Bertz CT molecular complexity index is 267. The zero-order valence-electron chi connectivity index (χ0n) is 10.5. The van der Waals surface area contributed by atoms with Crippen molar-refractivity contribution in [2.75, 3.05) is 20.1 Å². The minimum absolute atomic E-state index is 0.00731. The fourth-order valence-corrected chi connectivity index (χ4v) is 1.16. The molecule has 0 saturated heterocycles. The molecule has 0 saturated carbocycles. The van der Waals surface area contributed by atoms with Crippen LogP contribution < -0.4 is 16.0 Å². The highest BCUT2D eigenvalue weighted by molar-refractivity contribution is 5.83. The standard InChI is InChI=1S/C11H21N3O3/c1-3-4-10(16)13-7-8-14-11(17)6-5-9(15)12-2/h3-8H2,1-2H3,(H,12,15)(H,13,16)(H,14,17). The highest BCUT2D eigenvalue weighted by Gasteiger charge is 2.04. The molecule has 0 fully saturated rings. The van der Waals surface area contributed by atoms with Gasteiger partial charge in [0.05, 0.1) is 0 Å². The lowest BCUT2D eigenvalue weighted by molar-refractivity contribution is -0.126. The van der Waals surface area contributed by atoms with E-state index >= 15 is 0 Å². The molecule has 0 aromatic heterocycles. The van der Waals surface area contributed by atoms with E-state index in [0.717, 1.165) is 6.42 Å². The first kappa shape index (κ1) is 15.4. The van der Waals surface area contributed by atoms with Crippen molar-refractivity contribution < 1.29 is 14.4 Å². The summed E-state index contributed by atoms with van der Waals surface area (Å²) >= 11 is 0. The molecule has 6 heteroatoms. The summed E-state index contributed by atoms with van der Waals surface area (Å²) in [5.41, 5.74) is 0. The first-order chi connectivity index (χ1) is 8.10. The highest BCUT2D eigenvalue weighted by Crippen LogP contribution is 1.88. The summed E-state index contributed by atoms with van der Waals surface area (Å²) in [6.07, 6.45) is 1.67. The molecule has 0 aliphatic heterocycles. The summed E-state index contributed by atoms with van der Waals surface area (Å²) in [6, 6.07) is 0. The average Bonchev–Trinajstić information content (AvgIpc) is 2.32. The molecule has 0 aromatic carbocycles. The van der Waals surface area contributed by atoms with Crippen molar-refractivity contribution in [3.8, 4) is 0 Å². The molecule has 0 aromatic rings. The third kappa shape index (κ3) is 9.35. The maximum atomic E-state index is 11.2. The van der Waals surface area contributed by atoms with Gasteiger partial charge in [0.15, 0.2) is 0 Å². The molecule has 3 amide bonds. The van der Waals surface area contributed by atoms with Crippen molar-refractivity contribution >= 4 is 17.7 Å². The Morgan fingerprint density at radius 2 is 1.29 bits per heavy atom. The van der Waals surface area contributed by atoms with E-state index in [1.807, 2.05) is 6.92 Å². The van der Waals surface area contributed by atoms with Crippen LogP contribution in [-0.2, 0) is 14.4 Å². The first-order valence-corrected chi connectivity index (χ1v) is 5.84. The average molecular weight is 243 g/mol. The Kier molecular flexibility index (Phi) is 8.72. The Morgan fingerprint density at radius 1 is 0.824 bits per heavy atom. The third-order valence-corrected chi connectivity index (χ3v) is 2.10. The highest BCUT2D eigenvalue weighted by atomic mass is 16.2. The van der Waals surface area contributed by atoms with E-state index in [0.29, 0.717) is 19.5 Å². The summed E-state index contributed by atoms with van der Waals surface area (Å²) in [5, 5.41) is 7.75. The summed E-state index contributed by atoms with van der Waals surface area (Å²) < 4.78 is 0. The minimum Gasteiger partial charge on any atom is -0.359 e. The van der Waals surface area contributed by atoms with Crippen LogP contribution in [0.2, 0.25) is 0 Å². The Morgan fingerprint density at radius 3 is 1.76 bits per heavy atom. The van der Waals surface area contributed by atoms with Gasteiger partial charge in [-0.3, -0.25) is 14.4 Å². The van der Waals surface area contributed by atoms with Crippen molar-refractivity contribution in [2.45, 2.75) is 32.6 Å². The molecular weight excluding hydrogens is 222 g/mol. The fourth-order valence-electron chi connectivity index (χ4n) is 1.16. The summed E-state index contributed by atoms with van der Waals surface area (Å²) in [7, 11) is 1.53. The molecule has 0 rings (SSSR count). The number of carbonyl (C=O) groups is 3. The van der Waals surface area contributed by atoms with Gasteiger partial charge in [-0.25, -0.2) is 0 Å². The second-order valence-corrected chi connectivity index (χ2v) is 3.62. The van der Waals surface area contributed by atoms with E-state index in [1.54, 1.807) is 0 Å². The molecule has 0 aliphatic carbocycles. The zero-order valence-corrected chi connectivity index (χ0v) is 10.5. The van der Waals surface area contributed by atoms with Gasteiger partial charge in [-0.2, -0.15) is 0 Å². The molecule has 3 N–H and O–H groups in total. The van der Waals surface area contributed by atoms with Gasteiger partial charge >= 0.3 is 0 Å². The smallest absolute Gasteiger partial charge is 0.220 e. The van der Waals surface area contributed by atoms with Crippen LogP contribution in [0, 0.1) is 0 Å². The monoisotopic (exact) mass is 243 g/mol. The van der Waals surface area contributed by atoms with Gasteiger partial charge in [0.2, 0.25) is 17.7 Å². The van der Waals surface area contributed by atoms with Crippen LogP contribution in [0.25, 0.3) is 0 Å². The fraction of sp³-hybridized carbons (Fsp3) is 0.727. The van der Waals surface area contributed by atoms with Crippen LogP contribution in [0.15, 0.2) is 0 Å². The summed E-state index contributed by atoms with van der Waals surface area (Å²) in [6.45, 7) is 2.74. The molecule has 0 atom stereocenters. The first-order valence-electron chi connectivity index (χ1n) is 5.84. The van der Waals surface area contributed by atoms with E-state index < -0.39 is 0 Å². The number of amides is 3. The van der Waals surface area contributed by atoms with Gasteiger partial charge in [0.25, 0.3) is 0 Å². The van der Waals surface area contributed by atoms with E-state index in [1.165, 1.54) is 7.05 Å². The van der Waals surface area contributed by atoms with Crippen LogP contribution in [0.5, 0.6) is 0 Å². The molecule has 0 heterocycles. The second kappa shape index (κ2) is 9.62. The van der Waals surface area contributed by atoms with E-state index in [9.17, 15) is 14.4 Å². The summed E-state index contributed by atoms with van der Waals surface area (Å²) in [4.78, 5) is 33.2. The van der Waals surface area contributed by atoms with Gasteiger partial charge in [-0.15, -0.1) is 0 Å². The van der Waals surface area contributed by atoms with Gasteiger partial charge < -0.3 is 16.0 Å². The SMILES string of the molecule is CCCC(=O)NCCNC(=O)CCC(=O)NC. The number of rotatable bonds is 8. The molecule has 0 radical (unpaired) electrons. The molecule has 0 bridgehead atoms. The Hall–Kier alpha value is -1.59. The van der Waals surface area contributed by atoms with E-state index in [-0.39, 0.29) is 30.6 Å². The molecule has 0 aliphatic rings. The molecule has 0 spiro atoms. The number of hydrogen-bond acceptors (Lipinski definition) is 3. The molecular formula is C11H21N3O3. The number of carbonyl (C=O) groups excluding carboxylic acids is 3. The minimum atomic E-state index is -0.182.